The van der Waals surface area contributed by atoms with Gasteiger partial charge in [0.25, 0.3) is 0 Å². The summed E-state index contributed by atoms with van der Waals surface area (Å²) < 4.78 is 67.6. The third kappa shape index (κ3) is 5.84. The van der Waals surface area contributed by atoms with Crippen molar-refractivity contribution < 1.29 is 31.1 Å². The van der Waals surface area contributed by atoms with Crippen molar-refractivity contribution in [3.63, 3.8) is 0 Å². The largest absolute Gasteiger partial charge is 0.446 e. The molecule has 0 bridgehead atoms. The number of nitrogens with zero attached hydrogens (tertiary/aromatic N) is 5. The third-order valence-corrected chi connectivity index (χ3v) is 8.97. The van der Waals surface area contributed by atoms with Crippen LogP contribution in [0, 0.1) is 5.41 Å². The Morgan fingerprint density at radius 2 is 1.62 bits per heavy atom. The summed E-state index contributed by atoms with van der Waals surface area (Å²) in [6, 6.07) is 6.51. The van der Waals surface area contributed by atoms with Gasteiger partial charge in [-0.1, -0.05) is 12.1 Å². The number of sulfone groups is 1. The van der Waals surface area contributed by atoms with Crippen LogP contribution < -0.4 is 4.90 Å². The second kappa shape index (κ2) is 9.92. The number of rotatable bonds is 5. The summed E-state index contributed by atoms with van der Waals surface area (Å²) in [5.41, 5.74) is 0.321. The molecule has 1 aliphatic carbocycles. The number of anilines is 1. The molecule has 2 aromatic rings. The maximum Gasteiger partial charge on any atom is 0.419 e. The Balaban J connectivity index is 1.07. The summed E-state index contributed by atoms with van der Waals surface area (Å²) in [6.45, 7) is 7.10. The van der Waals surface area contributed by atoms with E-state index in [1.165, 1.54) is 6.26 Å². The van der Waals surface area contributed by atoms with Crippen molar-refractivity contribution in [2.45, 2.75) is 62.5 Å². The fourth-order valence-corrected chi connectivity index (χ4v) is 6.67. The van der Waals surface area contributed by atoms with Gasteiger partial charge in [0.1, 0.15) is 6.10 Å². The normalized spacial score (nSPS) is 23.8. The number of halogens is 3. The topological polar surface area (TPSA) is 95.9 Å². The summed E-state index contributed by atoms with van der Waals surface area (Å²) in [4.78, 5) is 26.9. The van der Waals surface area contributed by atoms with E-state index >= 15 is 0 Å². The number of piperazine rings is 1. The van der Waals surface area contributed by atoms with Gasteiger partial charge in [0.2, 0.25) is 5.95 Å². The van der Waals surface area contributed by atoms with Crippen molar-refractivity contribution in [3.05, 3.63) is 47.8 Å². The van der Waals surface area contributed by atoms with Crippen molar-refractivity contribution in [1.82, 2.24) is 19.8 Å². The van der Waals surface area contributed by atoms with Gasteiger partial charge in [-0.2, -0.15) is 13.2 Å². The van der Waals surface area contributed by atoms with Gasteiger partial charge in [-0.25, -0.2) is 23.2 Å². The molecule has 3 aliphatic rings. The SMILES string of the molecule is C[C@@H]1CN(c2ncc(C(F)(F)F)cn2)C[C@H](C)N1C(=O)OC1CC2(C1)CN(Cc1ccc(S(C)(=O)=O)cc1)C2. The lowest BCUT2D eigenvalue weighted by Gasteiger charge is -2.58. The molecule has 212 valence electrons. The van der Waals surface area contributed by atoms with Crippen LogP contribution in [-0.4, -0.2) is 84.9 Å². The predicted octanol–water partition coefficient (Wildman–Crippen LogP) is 3.60. The fraction of sp³-hybridized carbons (Fsp3) is 0.577. The number of amides is 1. The van der Waals surface area contributed by atoms with E-state index in [0.29, 0.717) is 18.0 Å². The highest BCUT2D eigenvalue weighted by Crippen LogP contribution is 2.50. The summed E-state index contributed by atoms with van der Waals surface area (Å²) in [5.74, 6) is 0.205. The zero-order valence-corrected chi connectivity index (χ0v) is 22.9. The highest BCUT2D eigenvalue weighted by atomic mass is 32.2. The van der Waals surface area contributed by atoms with Gasteiger partial charge in [0.15, 0.2) is 9.84 Å². The van der Waals surface area contributed by atoms with Gasteiger partial charge in [0.05, 0.1) is 22.5 Å². The molecule has 9 nitrogen and oxygen atoms in total. The van der Waals surface area contributed by atoms with Crippen LogP contribution in [0.2, 0.25) is 0 Å². The average molecular weight is 568 g/mol. The molecule has 1 aromatic carbocycles. The minimum atomic E-state index is -4.49. The molecule has 1 saturated carbocycles. The predicted molar refractivity (Wildman–Crippen MR) is 137 cm³/mol. The molecular formula is C26H32F3N5O4S. The first-order valence-corrected chi connectivity index (χ1v) is 14.8. The first-order chi connectivity index (χ1) is 18.2. The highest BCUT2D eigenvalue weighted by Gasteiger charge is 2.54. The van der Waals surface area contributed by atoms with E-state index in [4.69, 9.17) is 4.74 Å². The van der Waals surface area contributed by atoms with Gasteiger partial charge in [-0.15, -0.1) is 0 Å². The number of hydrogen-bond acceptors (Lipinski definition) is 8. The Bertz CT molecular complexity index is 1290. The van der Waals surface area contributed by atoms with Crippen LogP contribution in [0.3, 0.4) is 0 Å². The maximum absolute atomic E-state index is 13.0. The Labute approximate surface area is 225 Å². The van der Waals surface area contributed by atoms with E-state index in [9.17, 15) is 26.4 Å². The van der Waals surface area contributed by atoms with E-state index in [-0.39, 0.29) is 35.6 Å². The molecule has 39 heavy (non-hydrogen) atoms. The van der Waals surface area contributed by atoms with Gasteiger partial charge in [-0.3, -0.25) is 9.80 Å². The van der Waals surface area contributed by atoms with E-state index in [1.54, 1.807) is 21.9 Å². The first kappa shape index (κ1) is 27.6. The third-order valence-electron chi connectivity index (χ3n) is 7.84. The van der Waals surface area contributed by atoms with E-state index in [2.05, 4.69) is 14.9 Å². The van der Waals surface area contributed by atoms with Crippen LogP contribution >= 0.6 is 0 Å². The summed E-state index contributed by atoms with van der Waals surface area (Å²) >= 11 is 0. The number of carbonyl (C=O) groups excluding carboxylic acids is 1. The van der Waals surface area contributed by atoms with Gasteiger partial charge < -0.3 is 9.64 Å². The quantitative estimate of drug-likeness (QED) is 0.541. The lowest BCUT2D eigenvalue weighted by molar-refractivity contribution is -0.138. The average Bonchev–Trinajstić information content (AvgIpc) is 2.80. The Morgan fingerprint density at radius 1 is 1.05 bits per heavy atom. The molecule has 0 N–H and O–H groups in total. The maximum atomic E-state index is 13.0. The van der Waals surface area contributed by atoms with E-state index in [1.807, 2.05) is 26.0 Å². The highest BCUT2D eigenvalue weighted by molar-refractivity contribution is 7.90. The number of benzene rings is 1. The molecule has 2 saturated heterocycles. The Morgan fingerprint density at radius 3 is 2.13 bits per heavy atom. The standard InChI is InChI=1S/C26H32F3N5O4S/c1-17-12-33(23-30-10-20(11-31-23)26(27,28)29)13-18(2)34(17)24(35)38-21-8-25(9-21)15-32(16-25)14-19-4-6-22(7-5-19)39(3,36)37/h4-7,10-11,17-18,21H,8-9,12-16H2,1-3H3/t17-,18+. The van der Waals surface area contributed by atoms with Gasteiger partial charge in [-0.05, 0) is 44.4 Å². The summed E-state index contributed by atoms with van der Waals surface area (Å²) in [7, 11) is -3.21. The molecule has 2 aliphatic heterocycles. The first-order valence-electron chi connectivity index (χ1n) is 12.9. The van der Waals surface area contributed by atoms with Crippen LogP contribution in [-0.2, 0) is 27.3 Å². The van der Waals surface area contributed by atoms with Crippen molar-refractivity contribution in [3.8, 4) is 0 Å². The van der Waals surface area contributed by atoms with Crippen molar-refractivity contribution in [1.29, 1.82) is 0 Å². The molecule has 2 atom stereocenters. The number of ether oxygens (including phenoxy) is 1. The molecule has 1 amide bonds. The van der Waals surface area contributed by atoms with E-state index in [0.717, 1.165) is 50.4 Å². The molecule has 0 radical (unpaired) electrons. The van der Waals surface area contributed by atoms with Crippen LogP contribution in [0.4, 0.5) is 23.9 Å². The van der Waals surface area contributed by atoms with Crippen molar-refractivity contribution in [2.75, 3.05) is 37.3 Å². The fourth-order valence-electron chi connectivity index (χ4n) is 6.04. The molecule has 3 heterocycles. The lowest BCUT2D eigenvalue weighted by Crippen LogP contribution is -2.65. The van der Waals surface area contributed by atoms with Crippen LogP contribution in [0.5, 0.6) is 0 Å². The second-order valence-corrected chi connectivity index (χ2v) is 13.3. The van der Waals surface area contributed by atoms with Crippen LogP contribution in [0.15, 0.2) is 41.6 Å². The van der Waals surface area contributed by atoms with Crippen molar-refractivity contribution in [2.24, 2.45) is 5.41 Å². The Hall–Kier alpha value is -2.93. The van der Waals surface area contributed by atoms with Crippen LogP contribution in [0.1, 0.15) is 37.8 Å². The smallest absolute Gasteiger partial charge is 0.419 e. The summed E-state index contributed by atoms with van der Waals surface area (Å²) in [6.07, 6.45) is -0.626. The number of hydrogen-bond donors (Lipinski definition) is 0. The van der Waals surface area contributed by atoms with Crippen molar-refractivity contribution >= 4 is 21.9 Å². The van der Waals surface area contributed by atoms with Gasteiger partial charge in [0, 0.05) is 56.8 Å². The second-order valence-electron chi connectivity index (χ2n) is 11.3. The molecule has 13 heteroatoms. The van der Waals surface area contributed by atoms with Gasteiger partial charge >= 0.3 is 12.3 Å². The van der Waals surface area contributed by atoms with Crippen LogP contribution in [0.25, 0.3) is 0 Å². The zero-order valence-electron chi connectivity index (χ0n) is 22.1. The number of aromatic nitrogens is 2. The minimum Gasteiger partial charge on any atom is -0.446 e. The molecule has 0 unspecified atom stereocenters. The number of likely N-dealkylation sites (tertiary alicyclic amines) is 1. The molecule has 5 rings (SSSR count). The molecular weight excluding hydrogens is 535 g/mol. The summed E-state index contributed by atoms with van der Waals surface area (Å²) in [5, 5.41) is 0. The monoisotopic (exact) mass is 567 g/mol. The molecule has 3 fully saturated rings. The zero-order chi connectivity index (χ0) is 28.2. The molecule has 1 spiro atoms. The Kier molecular flexibility index (Phi) is 7.03. The van der Waals surface area contributed by atoms with E-state index < -0.39 is 21.6 Å². The number of carbonyl (C=O) groups is 1. The lowest BCUT2D eigenvalue weighted by atomic mass is 9.61. The minimum absolute atomic E-state index is 0.135. The molecule has 1 aromatic heterocycles. The number of alkyl halides is 3.